The summed E-state index contributed by atoms with van der Waals surface area (Å²) >= 11 is 1.63. The molecular weight excluding hydrogens is 298 g/mol. The molecule has 116 valence electrons. The van der Waals surface area contributed by atoms with Crippen molar-refractivity contribution in [1.82, 2.24) is 15.0 Å². The van der Waals surface area contributed by atoms with E-state index in [4.69, 9.17) is 4.52 Å². The van der Waals surface area contributed by atoms with Gasteiger partial charge in [0, 0.05) is 17.3 Å². The fourth-order valence-corrected chi connectivity index (χ4v) is 3.86. The first-order chi connectivity index (χ1) is 10.7. The first kappa shape index (κ1) is 13.9. The molecule has 0 bridgehead atoms. The van der Waals surface area contributed by atoms with Gasteiger partial charge in [0.25, 0.3) is 0 Å². The molecule has 3 heterocycles. The number of amides is 1. The molecule has 5 nitrogen and oxygen atoms in total. The molecule has 4 rings (SSSR count). The molecule has 0 radical (unpaired) electrons. The van der Waals surface area contributed by atoms with Crippen molar-refractivity contribution in [2.75, 3.05) is 6.54 Å². The van der Waals surface area contributed by atoms with Crippen molar-refractivity contribution in [2.45, 2.75) is 50.5 Å². The molecule has 1 saturated heterocycles. The van der Waals surface area contributed by atoms with Gasteiger partial charge in [0.1, 0.15) is 0 Å². The smallest absolute Gasteiger partial charge is 0.231 e. The predicted molar refractivity (Wildman–Crippen MR) is 82.7 cm³/mol. The zero-order valence-corrected chi connectivity index (χ0v) is 13.4. The van der Waals surface area contributed by atoms with Crippen molar-refractivity contribution in [3.8, 4) is 0 Å². The normalized spacial score (nSPS) is 23.0. The molecule has 1 aliphatic carbocycles. The average Bonchev–Trinajstić information content (AvgIpc) is 3.02. The summed E-state index contributed by atoms with van der Waals surface area (Å²) in [5, 5.41) is 6.15. The summed E-state index contributed by atoms with van der Waals surface area (Å²) in [6.07, 6.45) is 4.21. The topological polar surface area (TPSA) is 59.2 Å². The Morgan fingerprint density at radius 2 is 2.32 bits per heavy atom. The van der Waals surface area contributed by atoms with Crippen LogP contribution >= 0.6 is 11.3 Å². The fraction of sp³-hybridized carbons (Fsp3) is 0.562. The van der Waals surface area contributed by atoms with Crippen LogP contribution < -0.4 is 0 Å². The Morgan fingerprint density at radius 1 is 1.45 bits per heavy atom. The first-order valence-electron chi connectivity index (χ1n) is 7.91. The molecule has 2 aromatic rings. The Kier molecular flexibility index (Phi) is 3.48. The van der Waals surface area contributed by atoms with Crippen LogP contribution in [-0.2, 0) is 4.79 Å². The number of aromatic nitrogens is 2. The summed E-state index contributed by atoms with van der Waals surface area (Å²) < 4.78 is 5.36. The van der Waals surface area contributed by atoms with E-state index in [2.05, 4.69) is 10.1 Å². The van der Waals surface area contributed by atoms with E-state index in [0.29, 0.717) is 11.7 Å². The van der Waals surface area contributed by atoms with Gasteiger partial charge in [-0.2, -0.15) is 4.98 Å². The zero-order valence-electron chi connectivity index (χ0n) is 12.6. The van der Waals surface area contributed by atoms with Crippen LogP contribution in [0.15, 0.2) is 22.0 Å². The van der Waals surface area contributed by atoms with Gasteiger partial charge < -0.3 is 9.42 Å². The van der Waals surface area contributed by atoms with Gasteiger partial charge in [-0.1, -0.05) is 11.2 Å². The third kappa shape index (κ3) is 2.45. The van der Waals surface area contributed by atoms with Crippen LogP contribution in [0.5, 0.6) is 0 Å². The maximum Gasteiger partial charge on any atom is 0.231 e. The van der Waals surface area contributed by atoms with E-state index < -0.39 is 0 Å². The highest BCUT2D eigenvalue weighted by atomic mass is 32.1. The number of carbonyl (C=O) groups excluding carboxylic acids is 1. The summed E-state index contributed by atoms with van der Waals surface area (Å²) in [4.78, 5) is 20.4. The van der Waals surface area contributed by atoms with E-state index in [0.717, 1.165) is 43.0 Å². The van der Waals surface area contributed by atoms with Gasteiger partial charge in [0.05, 0.1) is 12.0 Å². The maximum absolute atomic E-state index is 12.8. The number of likely N-dealkylation sites (tertiary alicyclic amines) is 1. The van der Waals surface area contributed by atoms with Crippen LogP contribution in [-0.4, -0.2) is 27.5 Å². The third-order valence-electron chi connectivity index (χ3n) is 4.56. The molecule has 1 amide bonds. The summed E-state index contributed by atoms with van der Waals surface area (Å²) in [5.74, 6) is 1.96. The van der Waals surface area contributed by atoms with Gasteiger partial charge in [-0.25, -0.2) is 0 Å². The monoisotopic (exact) mass is 317 g/mol. The highest BCUT2D eigenvalue weighted by Crippen LogP contribution is 2.40. The minimum atomic E-state index is -0.101. The second-order valence-corrected chi connectivity index (χ2v) is 7.17. The van der Waals surface area contributed by atoms with Gasteiger partial charge in [-0.3, -0.25) is 4.79 Å². The minimum Gasteiger partial charge on any atom is -0.339 e. The van der Waals surface area contributed by atoms with Crippen molar-refractivity contribution in [2.24, 2.45) is 0 Å². The lowest BCUT2D eigenvalue weighted by molar-refractivity contribution is -0.133. The van der Waals surface area contributed by atoms with E-state index in [1.807, 2.05) is 29.3 Å². The third-order valence-corrected chi connectivity index (χ3v) is 5.61. The molecule has 2 aromatic heterocycles. The van der Waals surface area contributed by atoms with E-state index in [9.17, 15) is 4.79 Å². The van der Waals surface area contributed by atoms with E-state index in [-0.39, 0.29) is 17.9 Å². The van der Waals surface area contributed by atoms with Gasteiger partial charge in [-0.15, -0.1) is 11.3 Å². The summed E-state index contributed by atoms with van der Waals surface area (Å²) in [6, 6.07) is 4.00. The van der Waals surface area contributed by atoms with Crippen molar-refractivity contribution >= 4 is 17.2 Å². The SMILES string of the molecule is CC(C(=O)N1CCCC1c1noc(C2CC2)n1)c1cccs1. The Balaban J connectivity index is 1.53. The Bertz CT molecular complexity index is 663. The average molecular weight is 317 g/mol. The summed E-state index contributed by atoms with van der Waals surface area (Å²) in [6.45, 7) is 2.77. The van der Waals surface area contributed by atoms with Crippen molar-refractivity contribution in [3.05, 3.63) is 34.1 Å². The van der Waals surface area contributed by atoms with Gasteiger partial charge in [0.15, 0.2) is 5.82 Å². The molecule has 2 fully saturated rings. The molecule has 1 saturated carbocycles. The molecule has 0 aromatic carbocycles. The lowest BCUT2D eigenvalue weighted by Crippen LogP contribution is -2.34. The van der Waals surface area contributed by atoms with E-state index in [1.54, 1.807) is 11.3 Å². The van der Waals surface area contributed by atoms with Crippen LogP contribution in [0.25, 0.3) is 0 Å². The molecule has 2 unspecified atom stereocenters. The van der Waals surface area contributed by atoms with Gasteiger partial charge >= 0.3 is 0 Å². The Hall–Kier alpha value is -1.69. The number of rotatable bonds is 4. The highest BCUT2D eigenvalue weighted by molar-refractivity contribution is 7.10. The van der Waals surface area contributed by atoms with Crippen LogP contribution in [0.4, 0.5) is 0 Å². The summed E-state index contributed by atoms with van der Waals surface area (Å²) in [5.41, 5.74) is 0. The lowest BCUT2D eigenvalue weighted by atomic mass is 10.1. The molecule has 2 atom stereocenters. The lowest BCUT2D eigenvalue weighted by Gasteiger charge is -2.25. The number of thiophene rings is 1. The van der Waals surface area contributed by atoms with E-state index in [1.165, 1.54) is 0 Å². The number of hydrogen-bond donors (Lipinski definition) is 0. The van der Waals surface area contributed by atoms with Crippen LogP contribution in [0.2, 0.25) is 0 Å². The second kappa shape index (κ2) is 5.50. The Morgan fingerprint density at radius 3 is 3.05 bits per heavy atom. The van der Waals surface area contributed by atoms with Gasteiger partial charge in [-0.05, 0) is 44.1 Å². The largest absolute Gasteiger partial charge is 0.339 e. The van der Waals surface area contributed by atoms with Crippen LogP contribution in [0, 0.1) is 0 Å². The van der Waals surface area contributed by atoms with Crippen LogP contribution in [0.3, 0.4) is 0 Å². The van der Waals surface area contributed by atoms with E-state index >= 15 is 0 Å². The quantitative estimate of drug-likeness (QED) is 0.866. The van der Waals surface area contributed by atoms with Crippen LogP contribution in [0.1, 0.15) is 67.1 Å². The first-order valence-corrected chi connectivity index (χ1v) is 8.79. The zero-order chi connectivity index (χ0) is 15.1. The molecule has 1 aliphatic heterocycles. The maximum atomic E-state index is 12.8. The predicted octanol–water partition coefficient (Wildman–Crippen LogP) is 3.48. The second-order valence-electron chi connectivity index (χ2n) is 6.19. The molecule has 2 aliphatic rings. The summed E-state index contributed by atoms with van der Waals surface area (Å²) in [7, 11) is 0. The molecule has 0 N–H and O–H groups in total. The number of carbonyl (C=O) groups is 1. The van der Waals surface area contributed by atoms with Crippen molar-refractivity contribution in [1.29, 1.82) is 0 Å². The van der Waals surface area contributed by atoms with Crippen molar-refractivity contribution < 1.29 is 9.32 Å². The van der Waals surface area contributed by atoms with Gasteiger partial charge in [0.2, 0.25) is 11.8 Å². The number of hydrogen-bond acceptors (Lipinski definition) is 5. The number of nitrogens with zero attached hydrogens (tertiary/aromatic N) is 3. The molecular formula is C16H19N3O2S. The fourth-order valence-electron chi connectivity index (χ4n) is 3.09. The molecule has 22 heavy (non-hydrogen) atoms. The molecule has 6 heteroatoms. The highest BCUT2D eigenvalue weighted by Gasteiger charge is 2.37. The minimum absolute atomic E-state index is 0.0221. The Labute approximate surface area is 133 Å². The van der Waals surface area contributed by atoms with Crippen molar-refractivity contribution in [3.63, 3.8) is 0 Å². The standard InChI is InChI=1S/C16H19N3O2S/c1-10(13-5-3-9-22-13)16(20)19-8-2-4-12(19)14-17-15(21-18-14)11-6-7-11/h3,5,9-12H,2,4,6-8H2,1H3. The molecule has 0 spiro atoms.